The van der Waals surface area contributed by atoms with Crippen LogP contribution in [-0.2, 0) is 9.59 Å². The molecule has 2 N–H and O–H groups in total. The fourth-order valence-corrected chi connectivity index (χ4v) is 4.10. The zero-order valence-corrected chi connectivity index (χ0v) is 20.5. The zero-order valence-electron chi connectivity index (χ0n) is 19.6. The maximum absolute atomic E-state index is 12.8. The highest BCUT2D eigenvalue weighted by atomic mass is 32.1. The Morgan fingerprint density at radius 2 is 1.78 bits per heavy atom. The number of nitrogens with one attached hydrogen (secondary N) is 2. The van der Waals surface area contributed by atoms with E-state index in [9.17, 15) is 9.59 Å². The first-order valence-corrected chi connectivity index (χ1v) is 12.3. The number of anilines is 1. The molecule has 0 aliphatic carbocycles. The molecule has 1 heterocycles. The Morgan fingerprint density at radius 3 is 2.47 bits per heavy atom. The lowest BCUT2D eigenvalue weighted by Crippen LogP contribution is -2.47. The molecule has 0 saturated carbocycles. The van der Waals surface area contributed by atoms with Crippen molar-refractivity contribution >= 4 is 28.3 Å². The second-order valence-electron chi connectivity index (χ2n) is 8.29. The van der Waals surface area contributed by atoms with Gasteiger partial charge in [-0.1, -0.05) is 82.8 Å². The molecule has 0 saturated heterocycles. The van der Waals surface area contributed by atoms with Crippen LogP contribution < -0.4 is 15.4 Å². The summed E-state index contributed by atoms with van der Waals surface area (Å²) in [7, 11) is 1.61. The second-order valence-corrected chi connectivity index (χ2v) is 9.27. The highest BCUT2D eigenvalue weighted by molar-refractivity contribution is 7.18. The molecule has 32 heavy (non-hydrogen) atoms. The van der Waals surface area contributed by atoms with E-state index < -0.39 is 6.04 Å². The topological polar surface area (TPSA) is 93.2 Å². The predicted molar refractivity (Wildman–Crippen MR) is 130 cm³/mol. The molecule has 1 unspecified atom stereocenters. The number of hydrogen-bond donors (Lipinski definition) is 2. The van der Waals surface area contributed by atoms with Crippen LogP contribution in [0.25, 0.3) is 10.6 Å². The molecule has 1 atom stereocenters. The summed E-state index contributed by atoms with van der Waals surface area (Å²) < 4.78 is 5.25. The third kappa shape index (κ3) is 8.57. The Balaban J connectivity index is 1.85. The molecule has 2 rings (SSSR count). The van der Waals surface area contributed by atoms with Gasteiger partial charge in [0.15, 0.2) is 0 Å². The van der Waals surface area contributed by atoms with Gasteiger partial charge in [-0.05, 0) is 24.5 Å². The van der Waals surface area contributed by atoms with Crippen molar-refractivity contribution in [3.8, 4) is 16.3 Å². The molecule has 0 aliphatic heterocycles. The van der Waals surface area contributed by atoms with Crippen molar-refractivity contribution in [3.63, 3.8) is 0 Å². The third-order valence-corrected chi connectivity index (χ3v) is 6.13. The lowest BCUT2D eigenvalue weighted by Gasteiger charge is -2.21. The van der Waals surface area contributed by atoms with E-state index in [-0.39, 0.29) is 17.7 Å². The van der Waals surface area contributed by atoms with Crippen LogP contribution in [0.15, 0.2) is 24.3 Å². The molecule has 2 aromatic rings. The van der Waals surface area contributed by atoms with Crippen LogP contribution in [0.2, 0.25) is 0 Å². The number of unbranched alkanes of at least 4 members (excludes halogenated alkanes) is 6. The van der Waals surface area contributed by atoms with E-state index in [1.807, 2.05) is 38.1 Å². The standard InChI is InChI=1S/C24H36N4O3S/c1-5-6-7-8-9-10-11-15-20(29)25-21(17(2)3)22(30)26-24-28-27-23(32-24)18-13-12-14-19(16-18)31-4/h12-14,16-17,21H,5-11,15H2,1-4H3,(H,25,29)(H,26,28,30). The van der Waals surface area contributed by atoms with E-state index in [2.05, 4.69) is 27.8 Å². The number of carbonyl (C=O) groups excluding carboxylic acids is 2. The molecule has 1 aromatic heterocycles. The molecule has 8 heteroatoms. The molecule has 0 spiro atoms. The largest absolute Gasteiger partial charge is 0.497 e. The number of aromatic nitrogens is 2. The molecule has 0 aliphatic rings. The third-order valence-electron chi connectivity index (χ3n) is 5.24. The van der Waals surface area contributed by atoms with E-state index in [1.54, 1.807) is 7.11 Å². The van der Waals surface area contributed by atoms with E-state index in [1.165, 1.54) is 37.0 Å². The van der Waals surface area contributed by atoms with Crippen LogP contribution in [0.5, 0.6) is 5.75 Å². The smallest absolute Gasteiger partial charge is 0.249 e. The molecule has 0 bridgehead atoms. The Morgan fingerprint density at radius 1 is 1.06 bits per heavy atom. The molecule has 7 nitrogen and oxygen atoms in total. The fourth-order valence-electron chi connectivity index (χ4n) is 3.35. The highest BCUT2D eigenvalue weighted by Gasteiger charge is 2.25. The van der Waals surface area contributed by atoms with Gasteiger partial charge in [0.2, 0.25) is 16.9 Å². The summed E-state index contributed by atoms with van der Waals surface area (Å²) >= 11 is 1.28. The summed E-state index contributed by atoms with van der Waals surface area (Å²) in [5.74, 6) is 0.327. The van der Waals surface area contributed by atoms with Crippen LogP contribution in [0.3, 0.4) is 0 Å². The molecular formula is C24H36N4O3S. The number of amides is 2. The lowest BCUT2D eigenvalue weighted by atomic mass is 10.0. The number of methoxy groups -OCH3 is 1. The van der Waals surface area contributed by atoms with Crippen molar-refractivity contribution in [2.75, 3.05) is 12.4 Å². The van der Waals surface area contributed by atoms with Gasteiger partial charge in [0, 0.05) is 12.0 Å². The minimum atomic E-state index is -0.615. The van der Waals surface area contributed by atoms with Crippen LogP contribution in [-0.4, -0.2) is 35.2 Å². The van der Waals surface area contributed by atoms with Crippen molar-refractivity contribution in [3.05, 3.63) is 24.3 Å². The SMILES string of the molecule is CCCCCCCCCC(=O)NC(C(=O)Nc1nnc(-c2cccc(OC)c2)s1)C(C)C. The maximum atomic E-state index is 12.8. The first kappa shape index (κ1) is 25.8. The van der Waals surface area contributed by atoms with Gasteiger partial charge in [-0.3, -0.25) is 14.9 Å². The van der Waals surface area contributed by atoms with Crippen LogP contribution in [0, 0.1) is 5.92 Å². The molecular weight excluding hydrogens is 424 g/mol. The van der Waals surface area contributed by atoms with Gasteiger partial charge in [0.25, 0.3) is 0 Å². The highest BCUT2D eigenvalue weighted by Crippen LogP contribution is 2.28. The van der Waals surface area contributed by atoms with Gasteiger partial charge in [-0.2, -0.15) is 0 Å². The quantitative estimate of drug-likeness (QED) is 0.367. The molecule has 2 amide bonds. The molecule has 0 fully saturated rings. The van der Waals surface area contributed by atoms with Crippen molar-refractivity contribution in [1.82, 2.24) is 15.5 Å². The zero-order chi connectivity index (χ0) is 23.3. The molecule has 176 valence electrons. The fraction of sp³-hybridized carbons (Fsp3) is 0.583. The number of ether oxygens (including phenoxy) is 1. The van der Waals surface area contributed by atoms with Crippen LogP contribution in [0.4, 0.5) is 5.13 Å². The van der Waals surface area contributed by atoms with Crippen LogP contribution >= 0.6 is 11.3 Å². The Bertz CT molecular complexity index is 853. The number of nitrogens with zero attached hydrogens (tertiary/aromatic N) is 2. The number of rotatable bonds is 14. The molecule has 0 radical (unpaired) electrons. The van der Waals surface area contributed by atoms with Crippen molar-refractivity contribution < 1.29 is 14.3 Å². The summed E-state index contributed by atoms with van der Waals surface area (Å²) in [6.07, 6.45) is 8.52. The summed E-state index contributed by atoms with van der Waals surface area (Å²) in [4.78, 5) is 25.2. The van der Waals surface area contributed by atoms with Crippen molar-refractivity contribution in [1.29, 1.82) is 0 Å². The lowest BCUT2D eigenvalue weighted by molar-refractivity contribution is -0.127. The average molecular weight is 461 g/mol. The summed E-state index contributed by atoms with van der Waals surface area (Å²) in [6, 6.07) is 6.90. The first-order chi connectivity index (χ1) is 15.4. The van der Waals surface area contributed by atoms with Gasteiger partial charge in [-0.25, -0.2) is 0 Å². The Kier molecular flexibility index (Phi) is 11.1. The Labute approximate surface area is 195 Å². The van der Waals surface area contributed by atoms with Gasteiger partial charge >= 0.3 is 0 Å². The van der Waals surface area contributed by atoms with Gasteiger partial charge in [0.05, 0.1) is 7.11 Å². The Hall–Kier alpha value is -2.48. The summed E-state index contributed by atoms with van der Waals surface area (Å²) in [5, 5.41) is 15.0. The number of benzene rings is 1. The summed E-state index contributed by atoms with van der Waals surface area (Å²) in [5.41, 5.74) is 0.866. The monoisotopic (exact) mass is 460 g/mol. The normalized spacial score (nSPS) is 11.9. The van der Waals surface area contributed by atoms with Crippen LogP contribution in [0.1, 0.15) is 72.1 Å². The van der Waals surface area contributed by atoms with Crippen molar-refractivity contribution in [2.45, 2.75) is 78.2 Å². The molecule has 1 aromatic carbocycles. The van der Waals surface area contributed by atoms with E-state index in [0.717, 1.165) is 30.6 Å². The van der Waals surface area contributed by atoms with E-state index in [4.69, 9.17) is 4.74 Å². The summed E-state index contributed by atoms with van der Waals surface area (Å²) in [6.45, 7) is 6.04. The average Bonchev–Trinajstić information content (AvgIpc) is 3.25. The predicted octanol–water partition coefficient (Wildman–Crippen LogP) is 5.43. The first-order valence-electron chi connectivity index (χ1n) is 11.5. The maximum Gasteiger partial charge on any atom is 0.249 e. The number of carbonyl (C=O) groups is 2. The number of hydrogen-bond acceptors (Lipinski definition) is 6. The van der Waals surface area contributed by atoms with E-state index >= 15 is 0 Å². The van der Waals surface area contributed by atoms with E-state index in [0.29, 0.717) is 16.6 Å². The minimum Gasteiger partial charge on any atom is -0.497 e. The van der Waals surface area contributed by atoms with Gasteiger partial charge in [0.1, 0.15) is 16.8 Å². The second kappa shape index (κ2) is 13.8. The van der Waals surface area contributed by atoms with Gasteiger partial charge < -0.3 is 10.1 Å². The minimum absolute atomic E-state index is 0.0428. The van der Waals surface area contributed by atoms with Crippen molar-refractivity contribution in [2.24, 2.45) is 5.92 Å². The van der Waals surface area contributed by atoms with Gasteiger partial charge in [-0.15, -0.1) is 10.2 Å².